The van der Waals surface area contributed by atoms with Gasteiger partial charge in [0.2, 0.25) is 11.9 Å². The van der Waals surface area contributed by atoms with E-state index in [1.165, 1.54) is 0 Å². The highest BCUT2D eigenvalue weighted by atomic mass is 16.5. The van der Waals surface area contributed by atoms with Gasteiger partial charge in [-0.15, -0.1) is 0 Å². The van der Waals surface area contributed by atoms with Gasteiger partial charge in [-0.25, -0.2) is 9.59 Å². The van der Waals surface area contributed by atoms with Crippen LogP contribution in [0.4, 0.5) is 0 Å². The molecule has 8 nitrogen and oxygen atoms in total. The maximum absolute atomic E-state index is 12.6. The molecule has 2 aliphatic heterocycles. The summed E-state index contributed by atoms with van der Waals surface area (Å²) >= 11 is 0. The van der Waals surface area contributed by atoms with Crippen LogP contribution in [0, 0.1) is 0 Å². The van der Waals surface area contributed by atoms with Crippen LogP contribution >= 0.6 is 0 Å². The lowest BCUT2D eigenvalue weighted by molar-refractivity contribution is -0.150. The molecule has 32 heavy (non-hydrogen) atoms. The van der Waals surface area contributed by atoms with Gasteiger partial charge in [0.05, 0.1) is 19.6 Å². The van der Waals surface area contributed by atoms with Crippen LogP contribution in [0.3, 0.4) is 0 Å². The minimum absolute atomic E-state index is 0.0257. The maximum Gasteiger partial charge on any atom is 0.370 e. The lowest BCUT2D eigenvalue weighted by Crippen LogP contribution is -2.46. The molecule has 0 aromatic rings. The number of hydrogen-bond acceptors (Lipinski definition) is 6. The zero-order valence-electron chi connectivity index (χ0n) is 19.4. The summed E-state index contributed by atoms with van der Waals surface area (Å²) in [5, 5.41) is 2.86. The molecule has 0 bridgehead atoms. The molecule has 0 aliphatic carbocycles. The van der Waals surface area contributed by atoms with Crippen molar-refractivity contribution in [1.29, 1.82) is 0 Å². The Bertz CT molecular complexity index is 609. The smallest absolute Gasteiger partial charge is 0.370 e. The van der Waals surface area contributed by atoms with Gasteiger partial charge in [-0.05, 0) is 38.5 Å². The summed E-state index contributed by atoms with van der Waals surface area (Å²) in [6.07, 6.45) is 11.1. The molecule has 1 unspecified atom stereocenters. The van der Waals surface area contributed by atoms with E-state index in [-0.39, 0.29) is 23.8 Å². The molecule has 2 fully saturated rings. The second-order valence-electron chi connectivity index (χ2n) is 8.77. The molecule has 8 heteroatoms. The van der Waals surface area contributed by atoms with Gasteiger partial charge >= 0.3 is 17.8 Å². The van der Waals surface area contributed by atoms with E-state index in [1.54, 1.807) is 4.90 Å². The summed E-state index contributed by atoms with van der Waals surface area (Å²) in [6, 6.07) is -0.456. The number of amides is 2. The van der Waals surface area contributed by atoms with E-state index in [4.69, 9.17) is 9.47 Å². The number of cyclic esters (lactones) is 2. The number of nitrogens with one attached hydrogen (secondary N) is 1. The van der Waals surface area contributed by atoms with Crippen LogP contribution < -0.4 is 10.2 Å². The van der Waals surface area contributed by atoms with Crippen LogP contribution in [0.15, 0.2) is 0 Å². The molecule has 0 aromatic carbocycles. The first-order chi connectivity index (χ1) is 15.6. The summed E-state index contributed by atoms with van der Waals surface area (Å²) < 4.78 is 10.7. The molecule has 1 atom stereocenters. The second-order valence-corrected chi connectivity index (χ2v) is 8.77. The molecular formula is C24H40N2O6+. The molecule has 2 heterocycles. The van der Waals surface area contributed by atoms with Crippen molar-refractivity contribution in [2.75, 3.05) is 26.3 Å². The second kappa shape index (κ2) is 15.8. The SMILES string of the molecule is O=C1CCCCC(=O)[N+]2CCCC2C(=O)OCCCCCCCCOC(=O)CCCCN1. The number of rotatable bonds is 0. The summed E-state index contributed by atoms with van der Waals surface area (Å²) in [5.41, 5.74) is 0. The van der Waals surface area contributed by atoms with Gasteiger partial charge in [0.15, 0.2) is 0 Å². The van der Waals surface area contributed by atoms with E-state index in [0.29, 0.717) is 71.2 Å². The van der Waals surface area contributed by atoms with E-state index in [2.05, 4.69) is 5.32 Å². The van der Waals surface area contributed by atoms with Crippen molar-refractivity contribution in [3.63, 3.8) is 0 Å². The van der Waals surface area contributed by atoms with Crippen LogP contribution in [-0.2, 0) is 28.7 Å². The molecule has 1 N–H and O–H groups in total. The van der Waals surface area contributed by atoms with Crippen LogP contribution in [-0.4, -0.2) is 56.1 Å². The highest BCUT2D eigenvalue weighted by Gasteiger charge is 2.45. The van der Waals surface area contributed by atoms with Crippen molar-refractivity contribution < 1.29 is 28.7 Å². The number of hydrogen-bond donors (Lipinski definition) is 1. The summed E-state index contributed by atoms with van der Waals surface area (Å²) in [6.45, 7) is 2.00. The summed E-state index contributed by atoms with van der Waals surface area (Å²) in [7, 11) is 0. The Morgan fingerprint density at radius 2 is 1.34 bits per heavy atom. The van der Waals surface area contributed by atoms with Crippen molar-refractivity contribution in [3.8, 4) is 0 Å². The first-order valence-corrected chi connectivity index (χ1v) is 12.5. The Morgan fingerprint density at radius 1 is 0.688 bits per heavy atom. The zero-order chi connectivity index (χ0) is 23.0. The minimum Gasteiger partial charge on any atom is -0.466 e. The molecule has 0 aromatic heterocycles. The van der Waals surface area contributed by atoms with Gasteiger partial charge in [0, 0.05) is 32.2 Å². The predicted molar refractivity (Wildman–Crippen MR) is 120 cm³/mol. The third-order valence-corrected chi connectivity index (χ3v) is 6.07. The van der Waals surface area contributed by atoms with Gasteiger partial charge in [-0.1, -0.05) is 30.6 Å². The van der Waals surface area contributed by atoms with E-state index in [0.717, 1.165) is 51.4 Å². The predicted octanol–water partition coefficient (Wildman–Crippen LogP) is 3.10. The Kier molecular flexibility index (Phi) is 13.0. The molecule has 2 rings (SSSR count). The number of fused-ring (bicyclic) bond motifs is 1. The lowest BCUT2D eigenvalue weighted by atomic mass is 10.1. The third-order valence-electron chi connectivity index (χ3n) is 6.07. The largest absolute Gasteiger partial charge is 0.466 e. The van der Waals surface area contributed by atoms with Crippen molar-refractivity contribution in [1.82, 2.24) is 10.2 Å². The van der Waals surface area contributed by atoms with E-state index >= 15 is 0 Å². The Balaban J connectivity index is 1.77. The molecule has 1 radical (unpaired) electrons. The maximum atomic E-state index is 12.6. The van der Waals surface area contributed by atoms with Crippen LogP contribution in [0.5, 0.6) is 0 Å². The van der Waals surface area contributed by atoms with Gasteiger partial charge in [-0.2, -0.15) is 0 Å². The quantitative estimate of drug-likeness (QED) is 0.447. The zero-order valence-corrected chi connectivity index (χ0v) is 19.4. The molecule has 2 aliphatic rings. The molecule has 0 spiro atoms. The summed E-state index contributed by atoms with van der Waals surface area (Å²) in [5.74, 6) is -0.521. The van der Waals surface area contributed by atoms with Crippen LogP contribution in [0.1, 0.15) is 96.3 Å². The van der Waals surface area contributed by atoms with Gasteiger partial charge in [0.1, 0.15) is 6.54 Å². The molecule has 2 amide bonds. The summed E-state index contributed by atoms with van der Waals surface area (Å²) in [4.78, 5) is 50.3. The number of nitrogens with zero attached hydrogens (tertiary/aromatic N) is 1. The van der Waals surface area contributed by atoms with E-state index in [1.807, 2.05) is 0 Å². The Labute approximate surface area is 191 Å². The van der Waals surface area contributed by atoms with E-state index in [9.17, 15) is 19.2 Å². The molecular weight excluding hydrogens is 412 g/mol. The highest BCUT2D eigenvalue weighted by molar-refractivity contribution is 5.87. The van der Waals surface area contributed by atoms with Gasteiger partial charge in [0.25, 0.3) is 0 Å². The van der Waals surface area contributed by atoms with Gasteiger partial charge in [-0.3, -0.25) is 9.59 Å². The van der Waals surface area contributed by atoms with Crippen molar-refractivity contribution in [2.24, 2.45) is 0 Å². The normalized spacial score (nSPS) is 25.6. The number of carbonyl (C=O) groups excluding carboxylic acids is 4. The Hall–Kier alpha value is -1.96. The van der Waals surface area contributed by atoms with Crippen molar-refractivity contribution in [3.05, 3.63) is 0 Å². The number of esters is 2. The van der Waals surface area contributed by atoms with E-state index < -0.39 is 6.04 Å². The fourth-order valence-corrected chi connectivity index (χ4v) is 4.16. The first-order valence-electron chi connectivity index (χ1n) is 12.5. The minimum atomic E-state index is -0.456. The fraction of sp³-hybridized carbons (Fsp3) is 0.833. The highest BCUT2D eigenvalue weighted by Crippen LogP contribution is 2.18. The molecule has 0 saturated carbocycles. The van der Waals surface area contributed by atoms with Crippen molar-refractivity contribution >= 4 is 23.8 Å². The van der Waals surface area contributed by atoms with Crippen LogP contribution in [0.2, 0.25) is 0 Å². The topological polar surface area (TPSA) is 105 Å². The average Bonchev–Trinajstić information content (AvgIpc) is 3.27. The number of ether oxygens (including phenoxy) is 2. The van der Waals surface area contributed by atoms with Gasteiger partial charge < -0.3 is 14.8 Å². The van der Waals surface area contributed by atoms with Crippen molar-refractivity contribution in [2.45, 2.75) is 102 Å². The fourth-order valence-electron chi connectivity index (χ4n) is 4.16. The lowest BCUT2D eigenvalue weighted by Gasteiger charge is -2.12. The molecule has 2 saturated heterocycles. The standard InChI is InChI=1S/C24H40N2O6/c27-21-13-5-6-14-22(28)26-17-11-12-20(26)24(30)32-19-10-4-2-1-3-9-18-31-23(29)15-7-8-16-25-21/h20H,1-19H2,(H,25,27)/q+1. The van der Waals surface area contributed by atoms with Crippen LogP contribution in [0.25, 0.3) is 0 Å². The Morgan fingerprint density at radius 3 is 2.12 bits per heavy atom. The first kappa shape index (κ1) is 26.3. The third kappa shape index (κ3) is 10.6. The molecule has 181 valence electrons. The monoisotopic (exact) mass is 452 g/mol. The average molecular weight is 453 g/mol. The number of carbonyl (C=O) groups is 4.